The summed E-state index contributed by atoms with van der Waals surface area (Å²) in [6.07, 6.45) is 0.864. The maximum atomic E-state index is 12.5. The molecule has 3 rings (SSSR count). The number of carbonyl (C=O) groups is 3. The van der Waals surface area contributed by atoms with E-state index in [2.05, 4.69) is 10.6 Å². The Labute approximate surface area is 149 Å². The van der Waals surface area contributed by atoms with Crippen LogP contribution in [0.15, 0.2) is 24.3 Å². The molecule has 0 bridgehead atoms. The van der Waals surface area contributed by atoms with Gasteiger partial charge >= 0.3 is 0 Å². The standard InChI is InChI=1S/C16H18ClN3O3S/c17-11-3-1-10(2-4-11)7-18-15(22)13-8-24-9-20(13)16(23)12-5-6-14(21)19-12/h1-4,12-13H,5-9H2,(H,18,22)(H,19,21)/t12-,13-/m1/s1. The molecule has 0 saturated carbocycles. The highest BCUT2D eigenvalue weighted by atomic mass is 35.5. The molecule has 0 spiro atoms. The summed E-state index contributed by atoms with van der Waals surface area (Å²) in [6, 6.07) is 6.25. The van der Waals surface area contributed by atoms with Crippen LogP contribution in [0.1, 0.15) is 18.4 Å². The van der Waals surface area contributed by atoms with E-state index in [-0.39, 0.29) is 17.7 Å². The first-order valence-electron chi connectivity index (χ1n) is 7.74. The van der Waals surface area contributed by atoms with Crippen molar-refractivity contribution in [2.24, 2.45) is 0 Å². The highest BCUT2D eigenvalue weighted by molar-refractivity contribution is 7.99. The van der Waals surface area contributed by atoms with Crippen molar-refractivity contribution in [1.82, 2.24) is 15.5 Å². The summed E-state index contributed by atoms with van der Waals surface area (Å²) in [5.41, 5.74) is 0.944. The third-order valence-electron chi connectivity index (χ3n) is 4.14. The maximum absolute atomic E-state index is 12.5. The minimum absolute atomic E-state index is 0.107. The topological polar surface area (TPSA) is 78.5 Å². The van der Waals surface area contributed by atoms with Crippen molar-refractivity contribution < 1.29 is 14.4 Å². The molecule has 2 heterocycles. The van der Waals surface area contributed by atoms with Crippen molar-refractivity contribution in [3.05, 3.63) is 34.9 Å². The summed E-state index contributed by atoms with van der Waals surface area (Å²) in [5.74, 6) is 0.595. The summed E-state index contributed by atoms with van der Waals surface area (Å²) in [6.45, 7) is 0.388. The molecule has 0 aromatic heterocycles. The van der Waals surface area contributed by atoms with E-state index in [1.807, 2.05) is 12.1 Å². The van der Waals surface area contributed by atoms with Crippen LogP contribution in [0.2, 0.25) is 5.02 Å². The number of amides is 3. The molecule has 0 aliphatic carbocycles. The fourth-order valence-corrected chi connectivity index (χ4v) is 4.08. The molecule has 2 saturated heterocycles. The first-order chi connectivity index (χ1) is 11.5. The molecular formula is C16H18ClN3O3S. The smallest absolute Gasteiger partial charge is 0.246 e. The van der Waals surface area contributed by atoms with Crippen molar-refractivity contribution in [3.8, 4) is 0 Å². The zero-order valence-corrected chi connectivity index (χ0v) is 14.5. The van der Waals surface area contributed by atoms with Crippen LogP contribution in [0.25, 0.3) is 0 Å². The van der Waals surface area contributed by atoms with E-state index in [1.165, 1.54) is 0 Å². The Balaban J connectivity index is 1.58. The van der Waals surface area contributed by atoms with Gasteiger partial charge in [0.15, 0.2) is 0 Å². The molecular weight excluding hydrogens is 350 g/mol. The van der Waals surface area contributed by atoms with E-state index in [9.17, 15) is 14.4 Å². The van der Waals surface area contributed by atoms with Gasteiger partial charge in [0.2, 0.25) is 17.7 Å². The van der Waals surface area contributed by atoms with Crippen LogP contribution in [-0.4, -0.2) is 46.3 Å². The molecule has 2 fully saturated rings. The van der Waals surface area contributed by atoms with Crippen molar-refractivity contribution in [2.45, 2.75) is 31.5 Å². The first-order valence-corrected chi connectivity index (χ1v) is 9.27. The number of nitrogens with one attached hydrogen (secondary N) is 2. The quantitative estimate of drug-likeness (QED) is 0.836. The van der Waals surface area contributed by atoms with Crippen molar-refractivity contribution >= 4 is 41.1 Å². The minimum atomic E-state index is -0.497. The Hall–Kier alpha value is -1.73. The van der Waals surface area contributed by atoms with Crippen LogP contribution in [0, 0.1) is 0 Å². The van der Waals surface area contributed by atoms with Gasteiger partial charge in [0.1, 0.15) is 12.1 Å². The van der Waals surface area contributed by atoms with Gasteiger partial charge in [-0.1, -0.05) is 23.7 Å². The van der Waals surface area contributed by atoms with Gasteiger partial charge in [0.05, 0.1) is 5.88 Å². The Kier molecular flexibility index (Phi) is 5.30. The van der Waals surface area contributed by atoms with Crippen LogP contribution in [0.4, 0.5) is 0 Å². The van der Waals surface area contributed by atoms with Crippen LogP contribution < -0.4 is 10.6 Å². The van der Waals surface area contributed by atoms with Gasteiger partial charge in [-0.3, -0.25) is 14.4 Å². The lowest BCUT2D eigenvalue weighted by Gasteiger charge is -2.25. The number of halogens is 1. The van der Waals surface area contributed by atoms with Crippen LogP contribution in [-0.2, 0) is 20.9 Å². The fourth-order valence-electron chi connectivity index (χ4n) is 2.79. The summed E-state index contributed by atoms with van der Waals surface area (Å²) in [4.78, 5) is 37.8. The first kappa shape index (κ1) is 17.1. The second kappa shape index (κ2) is 7.44. The molecule has 0 radical (unpaired) electrons. The minimum Gasteiger partial charge on any atom is -0.350 e. The molecule has 128 valence electrons. The average molecular weight is 368 g/mol. The molecule has 2 aliphatic heterocycles. The molecule has 2 N–H and O–H groups in total. The van der Waals surface area contributed by atoms with Crippen molar-refractivity contribution in [2.75, 3.05) is 11.6 Å². The number of carbonyl (C=O) groups excluding carboxylic acids is 3. The Morgan fingerprint density at radius 3 is 2.75 bits per heavy atom. The highest BCUT2D eigenvalue weighted by Gasteiger charge is 2.39. The molecule has 6 nitrogen and oxygen atoms in total. The monoisotopic (exact) mass is 367 g/mol. The van der Waals surface area contributed by atoms with Gasteiger partial charge in [-0.2, -0.15) is 0 Å². The second-order valence-electron chi connectivity index (χ2n) is 5.83. The van der Waals surface area contributed by atoms with Gasteiger partial charge in [0, 0.05) is 23.7 Å². The Morgan fingerprint density at radius 1 is 1.33 bits per heavy atom. The molecule has 1 aromatic carbocycles. The second-order valence-corrected chi connectivity index (χ2v) is 7.26. The van der Waals surface area contributed by atoms with Crippen LogP contribution in [0.3, 0.4) is 0 Å². The third kappa shape index (κ3) is 3.84. The zero-order valence-electron chi connectivity index (χ0n) is 13.0. The summed E-state index contributed by atoms with van der Waals surface area (Å²) < 4.78 is 0. The lowest BCUT2D eigenvalue weighted by atomic mass is 10.1. The van der Waals surface area contributed by atoms with E-state index in [0.717, 1.165) is 5.56 Å². The molecule has 3 amide bonds. The summed E-state index contributed by atoms with van der Waals surface area (Å²) in [5, 5.41) is 6.18. The number of hydrogen-bond acceptors (Lipinski definition) is 4. The van der Waals surface area contributed by atoms with E-state index in [0.29, 0.717) is 36.0 Å². The van der Waals surface area contributed by atoms with Gasteiger partial charge in [-0.15, -0.1) is 11.8 Å². The lowest BCUT2D eigenvalue weighted by Crippen LogP contribution is -2.52. The fraction of sp³-hybridized carbons (Fsp3) is 0.438. The molecule has 1 aromatic rings. The van der Waals surface area contributed by atoms with Gasteiger partial charge in [-0.25, -0.2) is 0 Å². The highest BCUT2D eigenvalue weighted by Crippen LogP contribution is 2.24. The molecule has 8 heteroatoms. The predicted octanol–water partition coefficient (Wildman–Crippen LogP) is 1.14. The Bertz CT molecular complexity index is 652. The molecule has 2 atom stereocenters. The SMILES string of the molecule is O=C1CC[C@H](C(=O)N2CSC[C@@H]2C(=O)NCc2ccc(Cl)cc2)N1. The molecule has 0 unspecified atom stereocenters. The maximum Gasteiger partial charge on any atom is 0.246 e. The average Bonchev–Trinajstić information content (AvgIpc) is 3.22. The largest absolute Gasteiger partial charge is 0.350 e. The number of rotatable bonds is 4. The van der Waals surface area contributed by atoms with Gasteiger partial charge < -0.3 is 15.5 Å². The molecule has 24 heavy (non-hydrogen) atoms. The summed E-state index contributed by atoms with van der Waals surface area (Å²) >= 11 is 7.38. The van der Waals surface area contributed by atoms with E-state index >= 15 is 0 Å². The number of benzene rings is 1. The number of nitrogens with zero attached hydrogens (tertiary/aromatic N) is 1. The van der Waals surface area contributed by atoms with Crippen molar-refractivity contribution in [3.63, 3.8) is 0 Å². The third-order valence-corrected chi connectivity index (χ3v) is 5.41. The van der Waals surface area contributed by atoms with Gasteiger partial charge in [0.25, 0.3) is 0 Å². The van der Waals surface area contributed by atoms with Gasteiger partial charge in [-0.05, 0) is 24.1 Å². The van der Waals surface area contributed by atoms with E-state index in [4.69, 9.17) is 11.6 Å². The van der Waals surface area contributed by atoms with Crippen LogP contribution >= 0.6 is 23.4 Å². The van der Waals surface area contributed by atoms with E-state index in [1.54, 1.807) is 28.8 Å². The number of thioether (sulfide) groups is 1. The lowest BCUT2D eigenvalue weighted by molar-refractivity contribution is -0.139. The van der Waals surface area contributed by atoms with Crippen LogP contribution in [0.5, 0.6) is 0 Å². The predicted molar refractivity (Wildman–Crippen MR) is 92.4 cm³/mol. The van der Waals surface area contributed by atoms with Crippen molar-refractivity contribution in [1.29, 1.82) is 0 Å². The summed E-state index contributed by atoms with van der Waals surface area (Å²) in [7, 11) is 0. The zero-order chi connectivity index (χ0) is 17.1. The van der Waals surface area contributed by atoms with E-state index < -0.39 is 12.1 Å². The normalized spacial score (nSPS) is 23.2. The Morgan fingerprint density at radius 2 is 2.08 bits per heavy atom. The molecule has 2 aliphatic rings. The number of hydrogen-bond donors (Lipinski definition) is 2.